The predicted molar refractivity (Wildman–Crippen MR) is 108 cm³/mol. The normalized spacial score (nSPS) is 15.0. The first-order valence-electron chi connectivity index (χ1n) is 8.53. The van der Waals surface area contributed by atoms with Gasteiger partial charge in [0.2, 0.25) is 0 Å². The van der Waals surface area contributed by atoms with E-state index in [1.807, 2.05) is 48.5 Å². The van der Waals surface area contributed by atoms with Crippen molar-refractivity contribution >= 4 is 40.0 Å². The van der Waals surface area contributed by atoms with Crippen LogP contribution in [0.2, 0.25) is 0 Å². The quantitative estimate of drug-likeness (QED) is 0.550. The second-order valence-corrected chi connectivity index (χ2v) is 6.53. The van der Waals surface area contributed by atoms with Crippen LogP contribution in [0.25, 0.3) is 10.9 Å². The van der Waals surface area contributed by atoms with Crippen LogP contribution in [0.3, 0.4) is 0 Å². The molecular formula is C20H19N3O2S. The van der Waals surface area contributed by atoms with Gasteiger partial charge < -0.3 is 19.7 Å². The summed E-state index contributed by atoms with van der Waals surface area (Å²) in [6.45, 7) is 3.10. The molecule has 2 N–H and O–H groups in total. The number of aromatic amines is 1. The molecule has 1 aromatic heterocycles. The molecule has 26 heavy (non-hydrogen) atoms. The van der Waals surface area contributed by atoms with E-state index in [1.54, 1.807) is 6.21 Å². The van der Waals surface area contributed by atoms with Crippen LogP contribution >= 0.6 is 12.2 Å². The third-order valence-electron chi connectivity index (χ3n) is 4.48. The van der Waals surface area contributed by atoms with E-state index in [0.717, 1.165) is 53.4 Å². The monoisotopic (exact) mass is 365 g/mol. The van der Waals surface area contributed by atoms with Gasteiger partial charge in [-0.3, -0.25) is 4.99 Å². The maximum atomic E-state index is 10.1. The molecule has 0 radical (unpaired) electrons. The molecule has 0 spiro atoms. The van der Waals surface area contributed by atoms with Crippen molar-refractivity contribution in [3.05, 3.63) is 59.7 Å². The zero-order chi connectivity index (χ0) is 17.9. The molecule has 1 fully saturated rings. The lowest BCUT2D eigenvalue weighted by atomic mass is 10.1. The van der Waals surface area contributed by atoms with Crippen molar-refractivity contribution in [3.8, 4) is 5.88 Å². The Morgan fingerprint density at radius 2 is 1.85 bits per heavy atom. The van der Waals surface area contributed by atoms with Crippen LogP contribution < -0.4 is 0 Å². The fourth-order valence-electron chi connectivity index (χ4n) is 3.06. The smallest absolute Gasteiger partial charge is 0.198 e. The van der Waals surface area contributed by atoms with Gasteiger partial charge in [-0.25, -0.2) is 0 Å². The van der Waals surface area contributed by atoms with E-state index in [1.165, 1.54) is 0 Å². The minimum Gasteiger partial charge on any atom is -0.494 e. The van der Waals surface area contributed by atoms with E-state index in [9.17, 15) is 5.11 Å². The van der Waals surface area contributed by atoms with Gasteiger partial charge in [-0.15, -0.1) is 0 Å². The van der Waals surface area contributed by atoms with E-state index in [-0.39, 0.29) is 5.88 Å². The van der Waals surface area contributed by atoms with Crippen LogP contribution in [0.4, 0.5) is 5.69 Å². The number of fused-ring (bicyclic) bond motifs is 1. The molecule has 0 unspecified atom stereocenters. The molecule has 132 valence electrons. The fraction of sp³-hybridized carbons (Fsp3) is 0.200. The predicted octanol–water partition coefficient (Wildman–Crippen LogP) is 3.63. The molecule has 0 bridgehead atoms. The number of morpholine rings is 1. The molecule has 0 amide bonds. The average Bonchev–Trinajstić information content (AvgIpc) is 3.02. The van der Waals surface area contributed by atoms with E-state index >= 15 is 0 Å². The second-order valence-electron chi connectivity index (χ2n) is 6.14. The average molecular weight is 365 g/mol. The molecule has 0 aliphatic carbocycles. The number of thiocarbonyl (C=S) groups is 1. The summed E-state index contributed by atoms with van der Waals surface area (Å²) in [5.41, 5.74) is 3.39. The Morgan fingerprint density at radius 3 is 2.62 bits per heavy atom. The van der Waals surface area contributed by atoms with Crippen molar-refractivity contribution in [2.45, 2.75) is 0 Å². The Bertz CT molecular complexity index is 957. The van der Waals surface area contributed by atoms with E-state index in [4.69, 9.17) is 17.0 Å². The summed E-state index contributed by atoms with van der Waals surface area (Å²) in [4.78, 5) is 10.5. The molecular weight excluding hydrogens is 346 g/mol. The van der Waals surface area contributed by atoms with Gasteiger partial charge in [-0.05, 0) is 30.3 Å². The molecule has 0 atom stereocenters. The van der Waals surface area contributed by atoms with Gasteiger partial charge in [0.15, 0.2) is 5.88 Å². The second kappa shape index (κ2) is 7.27. The first-order chi connectivity index (χ1) is 12.7. The van der Waals surface area contributed by atoms with Crippen molar-refractivity contribution in [2.24, 2.45) is 4.99 Å². The number of hydrogen-bond donors (Lipinski definition) is 2. The number of ether oxygens (including phenoxy) is 1. The maximum absolute atomic E-state index is 10.1. The molecule has 5 nitrogen and oxygen atoms in total. The van der Waals surface area contributed by atoms with Crippen molar-refractivity contribution in [3.63, 3.8) is 0 Å². The van der Waals surface area contributed by atoms with Gasteiger partial charge in [0.1, 0.15) is 4.99 Å². The summed E-state index contributed by atoms with van der Waals surface area (Å²) in [7, 11) is 0. The van der Waals surface area contributed by atoms with Crippen molar-refractivity contribution in [2.75, 3.05) is 26.3 Å². The first-order valence-corrected chi connectivity index (χ1v) is 8.94. The number of rotatable bonds is 3. The lowest BCUT2D eigenvalue weighted by molar-refractivity contribution is 0.0693. The summed E-state index contributed by atoms with van der Waals surface area (Å²) in [5, 5.41) is 11.0. The number of nitrogens with zero attached hydrogens (tertiary/aromatic N) is 2. The van der Waals surface area contributed by atoms with Crippen LogP contribution in [0, 0.1) is 0 Å². The van der Waals surface area contributed by atoms with E-state index in [2.05, 4.69) is 14.9 Å². The molecule has 6 heteroatoms. The van der Waals surface area contributed by atoms with Crippen molar-refractivity contribution in [1.29, 1.82) is 0 Å². The summed E-state index contributed by atoms with van der Waals surface area (Å²) in [5.74, 6) is 0.125. The highest BCUT2D eigenvalue weighted by atomic mass is 32.1. The number of para-hydroxylation sites is 1. The number of aromatic hydroxyl groups is 1. The number of benzene rings is 2. The zero-order valence-electron chi connectivity index (χ0n) is 14.2. The first kappa shape index (κ1) is 16.8. The Morgan fingerprint density at radius 1 is 1.12 bits per heavy atom. The number of H-pyrrole nitrogens is 1. The van der Waals surface area contributed by atoms with Crippen LogP contribution in [-0.4, -0.2) is 52.5 Å². The Hall–Kier alpha value is -2.70. The van der Waals surface area contributed by atoms with Crippen molar-refractivity contribution in [1.82, 2.24) is 9.88 Å². The number of nitrogens with one attached hydrogen (secondary N) is 1. The maximum Gasteiger partial charge on any atom is 0.198 e. The Balaban J connectivity index is 1.52. The molecule has 1 aliphatic rings. The Labute approximate surface area is 156 Å². The molecule has 2 heterocycles. The lowest BCUT2D eigenvalue weighted by Crippen LogP contribution is -2.40. The van der Waals surface area contributed by atoms with E-state index < -0.39 is 0 Å². The largest absolute Gasteiger partial charge is 0.494 e. The van der Waals surface area contributed by atoms with Crippen LogP contribution in [0.1, 0.15) is 11.1 Å². The van der Waals surface area contributed by atoms with Gasteiger partial charge in [-0.1, -0.05) is 30.4 Å². The van der Waals surface area contributed by atoms with E-state index in [0.29, 0.717) is 5.56 Å². The lowest BCUT2D eigenvalue weighted by Gasteiger charge is -2.29. The molecule has 1 aliphatic heterocycles. The highest BCUT2D eigenvalue weighted by Crippen LogP contribution is 2.26. The molecule has 1 saturated heterocycles. The van der Waals surface area contributed by atoms with Gasteiger partial charge in [0.25, 0.3) is 0 Å². The zero-order valence-corrected chi connectivity index (χ0v) is 15.0. The highest BCUT2D eigenvalue weighted by Gasteiger charge is 2.15. The minimum atomic E-state index is 0.125. The van der Waals surface area contributed by atoms with Gasteiger partial charge >= 0.3 is 0 Å². The third kappa shape index (κ3) is 3.34. The number of hydrogen-bond acceptors (Lipinski definition) is 4. The van der Waals surface area contributed by atoms with Gasteiger partial charge in [0.05, 0.1) is 24.5 Å². The number of aromatic nitrogens is 1. The molecule has 2 aromatic carbocycles. The van der Waals surface area contributed by atoms with Gasteiger partial charge in [-0.2, -0.15) is 0 Å². The molecule has 4 rings (SSSR count). The summed E-state index contributed by atoms with van der Waals surface area (Å²) in [6.07, 6.45) is 1.68. The van der Waals surface area contributed by atoms with Crippen LogP contribution in [0.5, 0.6) is 5.88 Å². The standard InChI is InChI=1S/C20H19N3O2S/c24-19-17(16-3-1-2-4-18(16)22-19)13-21-15-7-5-14(6-8-15)20(26)23-9-11-25-12-10-23/h1-8,13,22,24H,9-12H2. The fourth-order valence-corrected chi connectivity index (χ4v) is 3.38. The SMILES string of the molecule is Oc1[nH]c2ccccc2c1C=Nc1ccc(C(=S)N2CCOCC2)cc1. The summed E-state index contributed by atoms with van der Waals surface area (Å²) in [6, 6.07) is 15.6. The highest BCUT2D eigenvalue weighted by molar-refractivity contribution is 7.80. The Kier molecular flexibility index (Phi) is 4.69. The van der Waals surface area contributed by atoms with Gasteiger partial charge in [0, 0.05) is 35.8 Å². The molecule has 3 aromatic rings. The topological polar surface area (TPSA) is 60.8 Å². The van der Waals surface area contributed by atoms with Crippen LogP contribution in [-0.2, 0) is 4.74 Å². The minimum absolute atomic E-state index is 0.125. The van der Waals surface area contributed by atoms with Crippen molar-refractivity contribution < 1.29 is 9.84 Å². The third-order valence-corrected chi connectivity index (χ3v) is 4.97. The molecule has 0 saturated carbocycles. The summed E-state index contributed by atoms with van der Waals surface area (Å²) < 4.78 is 5.37. The summed E-state index contributed by atoms with van der Waals surface area (Å²) >= 11 is 5.58. The number of aliphatic imine (C=N–C) groups is 1. The van der Waals surface area contributed by atoms with Crippen LogP contribution in [0.15, 0.2) is 53.5 Å².